The second kappa shape index (κ2) is 8.18. The van der Waals surface area contributed by atoms with Gasteiger partial charge in [-0.1, -0.05) is 19.1 Å². The van der Waals surface area contributed by atoms with E-state index in [9.17, 15) is 19.2 Å². The van der Waals surface area contributed by atoms with Gasteiger partial charge in [0.25, 0.3) is 5.91 Å². The number of carbonyl (C=O) groups is 4. The first-order valence-corrected chi connectivity index (χ1v) is 12.2. The number of amides is 3. The smallest absolute Gasteiger partial charge is 0.338 e. The van der Waals surface area contributed by atoms with Gasteiger partial charge >= 0.3 is 5.97 Å². The van der Waals surface area contributed by atoms with Crippen LogP contribution in [-0.4, -0.2) is 30.3 Å². The first-order chi connectivity index (χ1) is 17.0. The summed E-state index contributed by atoms with van der Waals surface area (Å²) in [5.74, 6) is 0.0506. The summed E-state index contributed by atoms with van der Waals surface area (Å²) in [5, 5.41) is 2.80. The molecule has 7 heteroatoms. The molecule has 1 aliphatic heterocycles. The summed E-state index contributed by atoms with van der Waals surface area (Å²) in [6.07, 6.45) is 6.19. The number of hydrogen-bond acceptors (Lipinski definition) is 5. The number of ether oxygens (including phenoxy) is 1. The summed E-state index contributed by atoms with van der Waals surface area (Å²) < 4.78 is 5.11. The summed E-state index contributed by atoms with van der Waals surface area (Å²) in [6, 6.07) is 13.0. The minimum absolute atomic E-state index is 0.112. The van der Waals surface area contributed by atoms with Gasteiger partial charge in [0, 0.05) is 11.3 Å². The number of hydrogen-bond donors (Lipinski definition) is 1. The topological polar surface area (TPSA) is 92.8 Å². The van der Waals surface area contributed by atoms with Gasteiger partial charge in [0.1, 0.15) is 0 Å². The Morgan fingerprint density at radius 3 is 2.03 bits per heavy atom. The second-order valence-corrected chi connectivity index (χ2v) is 9.88. The fraction of sp³-hybridized carbons (Fsp3) is 0.357. The number of imide groups is 1. The van der Waals surface area contributed by atoms with Gasteiger partial charge in [0.05, 0.1) is 29.7 Å². The fourth-order valence-electron chi connectivity index (χ4n) is 6.14. The van der Waals surface area contributed by atoms with E-state index in [1.54, 1.807) is 48.5 Å². The van der Waals surface area contributed by atoms with E-state index in [-0.39, 0.29) is 41.4 Å². The Hall–Kier alpha value is -3.74. The van der Waals surface area contributed by atoms with Crippen LogP contribution in [0.5, 0.6) is 0 Å². The summed E-state index contributed by atoms with van der Waals surface area (Å²) in [7, 11) is 0. The minimum atomic E-state index is -0.396. The lowest BCUT2D eigenvalue weighted by Gasteiger charge is -2.37. The van der Waals surface area contributed by atoms with Crippen molar-refractivity contribution in [3.63, 3.8) is 0 Å². The predicted molar refractivity (Wildman–Crippen MR) is 129 cm³/mol. The van der Waals surface area contributed by atoms with E-state index in [1.165, 1.54) is 4.90 Å². The minimum Gasteiger partial charge on any atom is -0.462 e. The Bertz CT molecular complexity index is 1210. The Kier molecular flexibility index (Phi) is 5.09. The zero-order valence-corrected chi connectivity index (χ0v) is 19.3. The van der Waals surface area contributed by atoms with Crippen molar-refractivity contribution in [2.75, 3.05) is 16.8 Å². The van der Waals surface area contributed by atoms with Crippen molar-refractivity contribution >= 4 is 35.1 Å². The highest BCUT2D eigenvalue weighted by Crippen LogP contribution is 2.65. The maximum absolute atomic E-state index is 13.3. The maximum Gasteiger partial charge on any atom is 0.338 e. The molecule has 2 aromatic rings. The molecule has 178 valence electrons. The monoisotopic (exact) mass is 470 g/mol. The average Bonchev–Trinajstić information content (AvgIpc) is 3.66. The van der Waals surface area contributed by atoms with Crippen LogP contribution in [-0.2, 0) is 14.3 Å². The number of anilines is 2. The first-order valence-electron chi connectivity index (χ1n) is 12.2. The van der Waals surface area contributed by atoms with Crippen molar-refractivity contribution in [2.24, 2.45) is 35.5 Å². The average molecular weight is 471 g/mol. The number of esters is 1. The molecule has 2 aromatic carbocycles. The zero-order valence-electron chi connectivity index (χ0n) is 19.3. The molecule has 7 rings (SSSR count). The Morgan fingerprint density at radius 1 is 0.886 bits per heavy atom. The molecule has 3 fully saturated rings. The van der Waals surface area contributed by atoms with E-state index in [2.05, 4.69) is 17.5 Å². The van der Waals surface area contributed by atoms with Gasteiger partial charge in [-0.15, -0.1) is 0 Å². The fourth-order valence-corrected chi connectivity index (χ4v) is 6.14. The van der Waals surface area contributed by atoms with Crippen molar-refractivity contribution in [2.45, 2.75) is 19.8 Å². The molecule has 0 unspecified atom stereocenters. The molecule has 2 bridgehead atoms. The number of nitrogens with zero attached hydrogens (tertiary/aromatic N) is 1. The molecule has 0 radical (unpaired) electrons. The van der Waals surface area contributed by atoms with Crippen LogP contribution in [0.15, 0.2) is 60.7 Å². The Labute approximate surface area is 203 Å². The molecule has 1 saturated heterocycles. The van der Waals surface area contributed by atoms with E-state index in [0.717, 1.165) is 12.8 Å². The molecule has 2 saturated carbocycles. The number of nitrogens with one attached hydrogen (secondary N) is 1. The molecule has 0 spiro atoms. The summed E-state index contributed by atoms with van der Waals surface area (Å²) in [5.41, 5.74) is 1.87. The maximum atomic E-state index is 13.3. The van der Waals surface area contributed by atoms with E-state index in [0.29, 0.717) is 40.9 Å². The lowest BCUT2D eigenvalue weighted by atomic mass is 9.63. The predicted octanol–water partition coefficient (Wildman–Crippen LogP) is 4.06. The highest BCUT2D eigenvalue weighted by molar-refractivity contribution is 6.22. The van der Waals surface area contributed by atoms with Gasteiger partial charge < -0.3 is 10.1 Å². The highest BCUT2D eigenvalue weighted by atomic mass is 16.5. The van der Waals surface area contributed by atoms with Crippen molar-refractivity contribution < 1.29 is 23.9 Å². The SMILES string of the molecule is CCCOC(=O)c1ccc(NC(=O)c2ccc(N3C(=O)[C@@H]4[C@@H]5C=C[C@H]([C@H]6C[C@H]56)[C@@H]4C3=O)cc2)cc1. The molecule has 1 N–H and O–H groups in total. The third-order valence-electron chi connectivity index (χ3n) is 7.87. The van der Waals surface area contributed by atoms with Crippen LogP contribution in [0.1, 0.15) is 40.5 Å². The molecule has 7 nitrogen and oxygen atoms in total. The molecule has 1 heterocycles. The highest BCUT2D eigenvalue weighted by Gasteiger charge is 2.67. The summed E-state index contributed by atoms with van der Waals surface area (Å²) in [6.45, 7) is 2.29. The lowest BCUT2D eigenvalue weighted by molar-refractivity contribution is -0.124. The van der Waals surface area contributed by atoms with Crippen LogP contribution in [0.25, 0.3) is 0 Å². The van der Waals surface area contributed by atoms with Crippen LogP contribution in [0.4, 0.5) is 11.4 Å². The Balaban J connectivity index is 1.13. The lowest BCUT2D eigenvalue weighted by Crippen LogP contribution is -2.40. The summed E-state index contributed by atoms with van der Waals surface area (Å²) >= 11 is 0. The Morgan fingerprint density at radius 2 is 1.46 bits per heavy atom. The van der Waals surface area contributed by atoms with Crippen LogP contribution in [0.3, 0.4) is 0 Å². The summed E-state index contributed by atoms with van der Waals surface area (Å²) in [4.78, 5) is 52.5. The third-order valence-corrected chi connectivity index (χ3v) is 7.87. The van der Waals surface area contributed by atoms with E-state index in [4.69, 9.17) is 4.74 Å². The molecule has 4 aliphatic carbocycles. The third kappa shape index (κ3) is 3.49. The van der Waals surface area contributed by atoms with Crippen LogP contribution < -0.4 is 10.2 Å². The van der Waals surface area contributed by atoms with Crippen molar-refractivity contribution in [3.8, 4) is 0 Å². The van der Waals surface area contributed by atoms with Crippen LogP contribution in [0.2, 0.25) is 0 Å². The number of allylic oxidation sites excluding steroid dienone is 2. The van der Waals surface area contributed by atoms with Gasteiger partial charge in [-0.3, -0.25) is 19.3 Å². The van der Waals surface area contributed by atoms with Gasteiger partial charge in [0.15, 0.2) is 0 Å². The number of rotatable bonds is 6. The molecular formula is C28H26N2O5. The first kappa shape index (κ1) is 21.8. The number of carbonyl (C=O) groups excluding carboxylic acids is 4. The molecule has 3 amide bonds. The molecule has 6 atom stereocenters. The van der Waals surface area contributed by atoms with Crippen molar-refractivity contribution in [3.05, 3.63) is 71.8 Å². The van der Waals surface area contributed by atoms with E-state index in [1.807, 2.05) is 6.92 Å². The van der Waals surface area contributed by atoms with E-state index >= 15 is 0 Å². The van der Waals surface area contributed by atoms with Gasteiger partial charge in [0.2, 0.25) is 11.8 Å². The van der Waals surface area contributed by atoms with Gasteiger partial charge in [-0.2, -0.15) is 0 Å². The van der Waals surface area contributed by atoms with Crippen molar-refractivity contribution in [1.82, 2.24) is 0 Å². The molecular weight excluding hydrogens is 444 g/mol. The number of benzene rings is 2. The molecule has 0 aromatic heterocycles. The normalized spacial score (nSPS) is 29.6. The largest absolute Gasteiger partial charge is 0.462 e. The van der Waals surface area contributed by atoms with E-state index < -0.39 is 5.97 Å². The van der Waals surface area contributed by atoms with Gasteiger partial charge in [-0.05, 0) is 85.0 Å². The molecule has 5 aliphatic rings. The quantitative estimate of drug-likeness (QED) is 0.390. The van der Waals surface area contributed by atoms with Gasteiger partial charge in [-0.25, -0.2) is 4.79 Å². The van der Waals surface area contributed by atoms with Crippen LogP contribution in [0, 0.1) is 35.5 Å². The van der Waals surface area contributed by atoms with Crippen LogP contribution >= 0.6 is 0 Å². The second-order valence-electron chi connectivity index (χ2n) is 9.88. The zero-order chi connectivity index (χ0) is 24.3. The standard InChI is InChI=1S/C28H26N2O5/c1-2-13-35-28(34)16-3-7-17(8-4-16)29-25(31)15-5-9-18(10-6-15)30-26(32)23-19-11-12-20(22-14-21(19)22)24(23)27(30)33/h3-12,19-24H,2,13-14H2,1H3,(H,29,31)/t19-,20-,21-,22-,23-,24+/m1/s1. The molecule has 35 heavy (non-hydrogen) atoms. The van der Waals surface area contributed by atoms with Crippen molar-refractivity contribution in [1.29, 1.82) is 0 Å².